The van der Waals surface area contributed by atoms with Crippen LogP contribution in [0.3, 0.4) is 0 Å². The van der Waals surface area contributed by atoms with Gasteiger partial charge < -0.3 is 4.74 Å². The molecule has 8 heteroatoms. The zero-order valence-corrected chi connectivity index (χ0v) is 14.4. The number of benzene rings is 2. The molecule has 0 unspecified atom stereocenters. The minimum atomic E-state index is -4.88. The predicted octanol–water partition coefficient (Wildman–Crippen LogP) is 3.27. The van der Waals surface area contributed by atoms with E-state index in [2.05, 4.69) is 0 Å². The number of carbonyl (C=O) groups is 2. The Kier molecular flexibility index (Phi) is 4.24. The fraction of sp³-hybridized carbons (Fsp3) is 0.0588. The van der Waals surface area contributed by atoms with Crippen LogP contribution in [0, 0.1) is 0 Å². The molecule has 2 aromatic carbocycles. The van der Waals surface area contributed by atoms with Crippen LogP contribution in [0.1, 0.15) is 15.9 Å². The molecular formula is C17H14ClNO5S. The molecule has 0 aliphatic carbocycles. The molecule has 0 saturated carbocycles. The molecule has 1 aliphatic heterocycles. The minimum absolute atomic E-state index is 0.101. The lowest BCUT2D eigenvalue weighted by Gasteiger charge is -2.38. The summed E-state index contributed by atoms with van der Waals surface area (Å²) in [5.74, 6) is -1.26. The number of hydrogen-bond acceptors (Lipinski definition) is 4. The molecule has 0 bridgehead atoms. The normalized spacial score (nSPS) is 19.2. The maximum atomic E-state index is 12.3. The van der Waals surface area contributed by atoms with Gasteiger partial charge in [0.1, 0.15) is 6.61 Å². The minimum Gasteiger partial charge on any atom is -0.457 e. The van der Waals surface area contributed by atoms with Crippen LogP contribution >= 0.6 is 10.7 Å². The molecule has 2 aromatic rings. The summed E-state index contributed by atoms with van der Waals surface area (Å²) in [6, 6.07) is 14.7. The van der Waals surface area contributed by atoms with E-state index in [1.165, 1.54) is 24.3 Å². The number of amides is 1. The summed E-state index contributed by atoms with van der Waals surface area (Å²) in [5.41, 5.74) is 1.20. The van der Waals surface area contributed by atoms with Gasteiger partial charge in [0.15, 0.2) is 0 Å². The Hall–Kier alpha value is -2.48. The van der Waals surface area contributed by atoms with Crippen LogP contribution in [0.4, 0.5) is 5.69 Å². The van der Waals surface area contributed by atoms with Crippen molar-refractivity contribution >= 4 is 37.0 Å². The van der Waals surface area contributed by atoms with Gasteiger partial charge in [0.2, 0.25) is 0 Å². The van der Waals surface area contributed by atoms with Gasteiger partial charge in [-0.1, -0.05) is 30.3 Å². The Morgan fingerprint density at radius 3 is 2.32 bits per heavy atom. The molecule has 130 valence electrons. The van der Waals surface area contributed by atoms with Crippen LogP contribution in [0.25, 0.3) is 0 Å². The van der Waals surface area contributed by atoms with Gasteiger partial charge in [0.25, 0.3) is 5.91 Å². The van der Waals surface area contributed by atoms with Gasteiger partial charge in [0.05, 0.1) is 16.7 Å². The van der Waals surface area contributed by atoms with E-state index in [9.17, 15) is 18.4 Å². The highest BCUT2D eigenvalue weighted by molar-refractivity contribution is 8.38. The summed E-state index contributed by atoms with van der Waals surface area (Å²) in [5, 5.41) is 0.767. The molecule has 1 aliphatic rings. The van der Waals surface area contributed by atoms with E-state index in [1.807, 2.05) is 30.3 Å². The molecule has 0 aromatic heterocycles. The molecule has 0 atom stereocenters. The summed E-state index contributed by atoms with van der Waals surface area (Å²) < 4.78 is 28.0. The van der Waals surface area contributed by atoms with Crippen LogP contribution in [0.15, 0.2) is 66.1 Å². The summed E-state index contributed by atoms with van der Waals surface area (Å²) >= 11 is 0. The van der Waals surface area contributed by atoms with Crippen molar-refractivity contribution in [3.05, 3.63) is 77.2 Å². The number of carbonyl (C=O) groups excluding carboxylic acids is 2. The van der Waals surface area contributed by atoms with Gasteiger partial charge in [-0.2, -0.15) is 8.51 Å². The molecule has 0 fully saturated rings. The molecule has 1 N–H and O–H groups in total. The zero-order chi connectivity index (χ0) is 18.1. The number of halogens is 1. The predicted molar refractivity (Wildman–Crippen MR) is 95.3 cm³/mol. The molecule has 1 amide bonds. The highest BCUT2D eigenvalue weighted by Crippen LogP contribution is 2.41. The lowest BCUT2D eigenvalue weighted by Crippen LogP contribution is -2.42. The number of ether oxygens (including phenoxy) is 1. The van der Waals surface area contributed by atoms with Crippen LogP contribution in [-0.2, 0) is 24.9 Å². The van der Waals surface area contributed by atoms with Crippen molar-refractivity contribution in [3.8, 4) is 0 Å². The van der Waals surface area contributed by atoms with E-state index in [4.69, 9.17) is 15.4 Å². The van der Waals surface area contributed by atoms with Crippen molar-refractivity contribution in [2.24, 2.45) is 0 Å². The molecule has 0 saturated heterocycles. The van der Waals surface area contributed by atoms with Crippen LogP contribution < -0.4 is 4.31 Å². The Bertz CT molecular complexity index is 918. The summed E-state index contributed by atoms with van der Waals surface area (Å²) in [6.45, 7) is 0.129. The molecule has 3 rings (SSSR count). The number of hydrogen-bond donors (Lipinski definition) is 1. The highest BCUT2D eigenvalue weighted by Gasteiger charge is 2.40. The number of esters is 1. The van der Waals surface area contributed by atoms with Crippen molar-refractivity contribution < 1.29 is 23.1 Å². The lowest BCUT2D eigenvalue weighted by atomic mass is 10.2. The first-order chi connectivity index (χ1) is 11.7. The second-order valence-electron chi connectivity index (χ2n) is 5.37. The Labute approximate surface area is 148 Å². The van der Waals surface area contributed by atoms with Crippen molar-refractivity contribution in [1.82, 2.24) is 0 Å². The van der Waals surface area contributed by atoms with E-state index in [1.54, 1.807) is 0 Å². The number of nitrogens with zero attached hydrogens (tertiary/aromatic N) is 1. The quantitative estimate of drug-likeness (QED) is 0.651. The standard InChI is InChI=1S/C17H14ClNO5S/c18-25(22,23)11-10-16(20)19(25)15-8-6-14(7-9-15)17(21)24-12-13-4-2-1-3-5-13/h1-11H,12H2,(H,22,23). The molecule has 1 heterocycles. The van der Waals surface area contributed by atoms with Gasteiger partial charge in [-0.3, -0.25) is 9.35 Å². The Morgan fingerprint density at radius 1 is 1.12 bits per heavy atom. The SMILES string of the molecule is O=C(OCc1ccccc1)c1ccc(N2C(=O)C=CS2(=O)(O)Cl)cc1. The first kappa shape index (κ1) is 17.3. The van der Waals surface area contributed by atoms with E-state index >= 15 is 0 Å². The van der Waals surface area contributed by atoms with Gasteiger partial charge in [0, 0.05) is 16.8 Å². The highest BCUT2D eigenvalue weighted by atomic mass is 35.7. The first-order valence-corrected chi connectivity index (χ1v) is 10.00. The Balaban J connectivity index is 1.73. The maximum absolute atomic E-state index is 12.3. The van der Waals surface area contributed by atoms with Crippen LogP contribution in [-0.4, -0.2) is 20.6 Å². The third-order valence-electron chi connectivity index (χ3n) is 3.52. The zero-order valence-electron chi connectivity index (χ0n) is 12.9. The van der Waals surface area contributed by atoms with Gasteiger partial charge in [-0.15, -0.1) is 0 Å². The van der Waals surface area contributed by atoms with Gasteiger partial charge >= 0.3 is 5.97 Å². The largest absolute Gasteiger partial charge is 0.457 e. The maximum Gasteiger partial charge on any atom is 0.338 e. The number of anilines is 1. The van der Waals surface area contributed by atoms with Gasteiger partial charge in [-0.05, 0) is 38.6 Å². The van der Waals surface area contributed by atoms with Gasteiger partial charge in [-0.25, -0.2) is 4.79 Å². The summed E-state index contributed by atoms with van der Waals surface area (Å²) in [4.78, 5) is 23.9. The van der Waals surface area contributed by atoms with Crippen molar-refractivity contribution in [3.63, 3.8) is 0 Å². The molecule has 0 spiro atoms. The lowest BCUT2D eigenvalue weighted by molar-refractivity contribution is -0.112. The fourth-order valence-electron chi connectivity index (χ4n) is 2.32. The second kappa shape index (κ2) is 6.11. The van der Waals surface area contributed by atoms with Crippen molar-refractivity contribution in [1.29, 1.82) is 0 Å². The number of rotatable bonds is 4. The second-order valence-corrected chi connectivity index (χ2v) is 9.41. The summed E-state index contributed by atoms with van der Waals surface area (Å²) in [7, 11) is 0.795. The van der Waals surface area contributed by atoms with Crippen molar-refractivity contribution in [2.45, 2.75) is 6.61 Å². The van der Waals surface area contributed by atoms with E-state index in [0.29, 0.717) is 4.31 Å². The van der Waals surface area contributed by atoms with E-state index in [0.717, 1.165) is 17.0 Å². The molecule has 0 radical (unpaired) electrons. The Morgan fingerprint density at radius 2 is 1.76 bits per heavy atom. The van der Waals surface area contributed by atoms with Crippen LogP contribution in [0.2, 0.25) is 0 Å². The van der Waals surface area contributed by atoms with E-state index < -0.39 is 20.6 Å². The first-order valence-electron chi connectivity index (χ1n) is 7.23. The monoisotopic (exact) mass is 379 g/mol. The average Bonchev–Trinajstić information content (AvgIpc) is 2.82. The van der Waals surface area contributed by atoms with Crippen LogP contribution in [0.5, 0.6) is 0 Å². The smallest absolute Gasteiger partial charge is 0.338 e. The molecule has 6 nitrogen and oxygen atoms in total. The molecule has 25 heavy (non-hydrogen) atoms. The average molecular weight is 380 g/mol. The topological polar surface area (TPSA) is 83.9 Å². The fourth-order valence-corrected chi connectivity index (χ4v) is 4.28. The van der Waals surface area contributed by atoms with E-state index in [-0.39, 0.29) is 17.9 Å². The summed E-state index contributed by atoms with van der Waals surface area (Å²) in [6.07, 6.45) is 0.934. The van der Waals surface area contributed by atoms with Crippen molar-refractivity contribution in [2.75, 3.05) is 4.31 Å². The molecular weight excluding hydrogens is 366 g/mol. The third kappa shape index (κ3) is 3.63. The third-order valence-corrected chi connectivity index (χ3v) is 5.89.